The van der Waals surface area contributed by atoms with E-state index in [-0.39, 0.29) is 51.2 Å². The second-order valence-electron chi connectivity index (χ2n) is 17.3. The lowest BCUT2D eigenvalue weighted by Gasteiger charge is -2.35. The van der Waals surface area contributed by atoms with Gasteiger partial charge in [0.15, 0.2) is 42.2 Å². The number of aliphatic hydroxyl groups excluding tert-OH is 2. The Morgan fingerprint density at radius 1 is 0.654 bits per heavy atom. The minimum atomic E-state index is -6.55. The van der Waals surface area contributed by atoms with Crippen LogP contribution in [0.2, 0.25) is 0 Å². The Bertz CT molecular complexity index is 3560. The van der Waals surface area contributed by atoms with Gasteiger partial charge in [-0.3, -0.25) is 51.5 Å². The van der Waals surface area contributed by atoms with Crippen molar-refractivity contribution in [2.75, 3.05) is 58.4 Å². The Hall–Kier alpha value is -5.15. The minimum Gasteiger partial charge on any atom is -0.756 e. The molecule has 10 N–H and O–H groups in total. The number of imidazole rings is 3. The topological polar surface area (TPSA) is 543 Å². The molecule has 0 amide bonds. The largest absolute Gasteiger partial charge is 0.756 e. The maximum Gasteiger partial charge on any atom is 0.313 e. The first kappa shape index (κ1) is 57.5. The van der Waals surface area contributed by atoms with Gasteiger partial charge in [0, 0.05) is 21.3 Å². The molecule has 3 aliphatic rings. The highest BCUT2D eigenvalue weighted by Crippen LogP contribution is 2.63. The Morgan fingerprint density at radius 3 is 1.79 bits per heavy atom. The molecule has 78 heavy (non-hydrogen) atoms. The van der Waals surface area contributed by atoms with Crippen LogP contribution in [0.3, 0.4) is 0 Å². The Morgan fingerprint density at radius 2 is 1.18 bits per heavy atom. The molecule has 3 saturated heterocycles. The molecule has 0 spiro atoms. The van der Waals surface area contributed by atoms with Gasteiger partial charge in [0.1, 0.15) is 54.9 Å². The molecule has 0 aromatic carbocycles. The van der Waals surface area contributed by atoms with Crippen LogP contribution >= 0.6 is 31.3 Å². The van der Waals surface area contributed by atoms with Crippen LogP contribution in [-0.4, -0.2) is 155 Å². The van der Waals surface area contributed by atoms with E-state index in [9.17, 15) is 57.6 Å². The molecule has 9 rings (SSSR count). The summed E-state index contributed by atoms with van der Waals surface area (Å²) in [5.41, 5.74) is 16.1. The summed E-state index contributed by atoms with van der Waals surface area (Å²) in [6, 6.07) is 0. The van der Waals surface area contributed by atoms with Crippen molar-refractivity contribution >= 4 is 82.5 Å². The molecule has 6 aromatic heterocycles. The normalized spacial score (nSPS) is 29.8. The molecular formula is C35H47N15O24P4-2. The highest BCUT2D eigenvalue weighted by Gasteiger charge is 2.53. The van der Waals surface area contributed by atoms with Crippen LogP contribution < -0.4 is 57.0 Å². The third-order valence-corrected chi connectivity index (χ3v) is 17.5. The number of aryl methyl sites for hydroxylation is 2. The number of nitrogens with one attached hydrogen (secondary N) is 2. The van der Waals surface area contributed by atoms with Gasteiger partial charge in [-0.25, -0.2) is 22.7 Å². The van der Waals surface area contributed by atoms with E-state index in [1.165, 1.54) is 59.2 Å². The molecule has 0 aliphatic carbocycles. The van der Waals surface area contributed by atoms with Crippen molar-refractivity contribution in [1.29, 1.82) is 0 Å². The first-order valence-electron chi connectivity index (χ1n) is 22.3. The number of ether oxygens (including phenoxy) is 6. The van der Waals surface area contributed by atoms with E-state index < -0.39 is 136 Å². The number of fused-ring (bicyclic) bond motifs is 3. The maximum absolute atomic E-state index is 13.6. The average Bonchev–Trinajstić information content (AvgIpc) is 4.29. The number of rotatable bonds is 21. The number of phosphoric acid groups is 4. The van der Waals surface area contributed by atoms with E-state index in [4.69, 9.17) is 63.7 Å². The molecular weight excluding hydrogens is 1140 g/mol. The van der Waals surface area contributed by atoms with Gasteiger partial charge in [-0.2, -0.15) is 9.97 Å². The standard InChI is InChI=1S/C35H49N15O24P4/c1-46-11-49(27-17(46)25(36)39-9-40-27)33-24(65-5)22(72-75(55,56)66-6-13-19(51)20(52)31(69-13)48-10-41-16-26(48)42-34(37)44-29(16)53)15(71-33)8-68-77(59,60)74-78(61,62)73-76(57,58)67-7-14-21(63-3)23(64-4)32(70-14)50-12-47(2)18-28(50)43-35(38)45-30(18)54/h9-15,19-24,31-33,51-52H,6-8H2,1-5H3,(H10-2,36,37,38,39,40,42,43,44,45,53,54,55,56,57,58,59,60,61,62)/p-2/t13-,14-,15-,19+,20?,21+,22+,23?,24?,31-,32-,33-/m1/s1. The number of aromatic nitrogens is 12. The zero-order chi connectivity index (χ0) is 56.6. The average molecular weight is 1190 g/mol. The number of phosphoric ester groups is 3. The Balaban J connectivity index is 0.879. The van der Waals surface area contributed by atoms with Gasteiger partial charge in [-0.15, -0.1) is 0 Å². The molecule has 3 aliphatic heterocycles. The SMILES string of the molecule is COC1[C@@H](OP(=O)([O-])OC[C@H]2O[C@@H](n3cnc4c(=O)[nH]c(N)nc43)C(O)[C@H]2O)[C@@H](COP(=O)([O-])OP(=O)([O-])OP(=O)([O-])OC[C@H]2O[C@@H]([n+]3cn(C)c4c(=O)[nH]c(N)nc43)C(OC)[C@H]2OC)O[C@H]1[n+]1cn(C)c2c(N)ncnc21. The Labute approximate surface area is 434 Å². The smallest absolute Gasteiger partial charge is 0.313 e. The summed E-state index contributed by atoms with van der Waals surface area (Å²) in [4.78, 5) is 102. The number of anilines is 3. The van der Waals surface area contributed by atoms with Gasteiger partial charge >= 0.3 is 11.3 Å². The zero-order valence-corrected chi connectivity index (χ0v) is 44.3. The van der Waals surface area contributed by atoms with Crippen molar-refractivity contribution in [1.82, 2.24) is 48.6 Å². The first-order chi connectivity index (χ1) is 36.7. The van der Waals surface area contributed by atoms with E-state index in [1.807, 2.05) is 0 Å². The van der Waals surface area contributed by atoms with Crippen LogP contribution in [0.15, 0.2) is 34.9 Å². The minimum absolute atomic E-state index is 0.0155. The highest BCUT2D eigenvalue weighted by atomic mass is 31.3. The summed E-state index contributed by atoms with van der Waals surface area (Å²) < 4.78 is 122. The molecule has 0 bridgehead atoms. The van der Waals surface area contributed by atoms with Gasteiger partial charge in [0.05, 0.1) is 40.2 Å². The van der Waals surface area contributed by atoms with Crippen molar-refractivity contribution in [2.24, 2.45) is 14.1 Å². The number of nitrogens with two attached hydrogens (primary N) is 3. The molecule has 16 atom stereocenters. The maximum atomic E-state index is 13.6. The van der Waals surface area contributed by atoms with Gasteiger partial charge in [0.2, 0.25) is 29.4 Å². The van der Waals surface area contributed by atoms with Crippen LogP contribution in [0.4, 0.5) is 17.7 Å². The number of H-pyrrole nitrogens is 2. The highest BCUT2D eigenvalue weighted by molar-refractivity contribution is 7.65. The first-order valence-corrected chi connectivity index (χ1v) is 28.1. The van der Waals surface area contributed by atoms with E-state index in [1.54, 1.807) is 0 Å². The summed E-state index contributed by atoms with van der Waals surface area (Å²) >= 11 is 0. The number of aromatic amines is 2. The summed E-state index contributed by atoms with van der Waals surface area (Å²) in [5.74, 6) is -0.589. The summed E-state index contributed by atoms with van der Waals surface area (Å²) in [5, 5.41) is 21.7. The number of aliphatic hydroxyl groups is 2. The molecule has 428 valence electrons. The third-order valence-electron chi connectivity index (χ3n) is 12.4. The molecule has 6 aromatic rings. The molecule has 39 nitrogen and oxygen atoms in total. The molecule has 0 saturated carbocycles. The monoisotopic (exact) mass is 1190 g/mol. The summed E-state index contributed by atoms with van der Waals surface area (Å²) in [6.07, 6.45) is -13.7. The molecule has 0 radical (unpaired) electrons. The third kappa shape index (κ3) is 11.3. The second-order valence-corrected chi connectivity index (χ2v) is 23.2. The second kappa shape index (κ2) is 21.7. The Kier molecular flexibility index (Phi) is 16.0. The van der Waals surface area contributed by atoms with Gasteiger partial charge in [-0.05, 0) is 0 Å². The van der Waals surface area contributed by atoms with E-state index in [2.05, 4.69) is 43.5 Å². The van der Waals surface area contributed by atoms with Crippen molar-refractivity contribution in [3.63, 3.8) is 0 Å². The number of hydrogen-bond acceptors (Lipinski definition) is 32. The number of nitrogen functional groups attached to an aromatic ring is 3. The van der Waals surface area contributed by atoms with Crippen LogP contribution in [0, 0.1) is 0 Å². The van der Waals surface area contributed by atoms with Crippen molar-refractivity contribution in [3.8, 4) is 0 Å². The summed E-state index contributed by atoms with van der Waals surface area (Å²) in [6.45, 7) is -3.45. The molecule has 3 fully saturated rings. The van der Waals surface area contributed by atoms with Crippen LogP contribution in [0.1, 0.15) is 18.7 Å². The lowest BCUT2D eigenvalue weighted by atomic mass is 10.1. The summed E-state index contributed by atoms with van der Waals surface area (Å²) in [7, 11) is -18.1. The number of nitrogens with zero attached hydrogens (tertiary/aromatic N) is 10. The molecule has 7 unspecified atom stereocenters. The van der Waals surface area contributed by atoms with Gasteiger partial charge < -0.3 is 93.5 Å². The van der Waals surface area contributed by atoms with E-state index in [0.29, 0.717) is 0 Å². The lowest BCUT2D eigenvalue weighted by Crippen LogP contribution is -2.47. The van der Waals surface area contributed by atoms with Crippen molar-refractivity contribution in [2.45, 2.75) is 73.6 Å². The van der Waals surface area contributed by atoms with Crippen molar-refractivity contribution < 1.29 is 112 Å². The quantitative estimate of drug-likeness (QED) is 0.0260. The van der Waals surface area contributed by atoms with E-state index >= 15 is 0 Å². The zero-order valence-electron chi connectivity index (χ0n) is 40.7. The van der Waals surface area contributed by atoms with Crippen LogP contribution in [-0.2, 0) is 87.5 Å². The van der Waals surface area contributed by atoms with Gasteiger partial charge in [0.25, 0.3) is 48.4 Å². The fourth-order valence-electron chi connectivity index (χ4n) is 9.10. The lowest BCUT2D eigenvalue weighted by molar-refractivity contribution is -0.746. The number of hydrogen-bond donors (Lipinski definition) is 7. The fourth-order valence-corrected chi connectivity index (χ4v) is 13.4. The van der Waals surface area contributed by atoms with Crippen LogP contribution in [0.25, 0.3) is 33.5 Å². The molecule has 9 heterocycles. The predicted octanol–water partition coefficient (Wildman–Crippen LogP) is -6.50. The van der Waals surface area contributed by atoms with E-state index in [0.717, 1.165) is 24.3 Å². The number of methoxy groups -OCH3 is 3. The van der Waals surface area contributed by atoms with Gasteiger partial charge in [-0.1, -0.05) is 9.97 Å². The van der Waals surface area contributed by atoms with Crippen molar-refractivity contribution in [3.05, 3.63) is 46.0 Å². The predicted molar refractivity (Wildman–Crippen MR) is 243 cm³/mol. The molecule has 43 heteroatoms. The van der Waals surface area contributed by atoms with Crippen LogP contribution in [0.5, 0.6) is 0 Å². The fraction of sp³-hybridized carbons (Fsp3) is 0.571.